The lowest BCUT2D eigenvalue weighted by Crippen LogP contribution is -2.28. The molecular formula is C17H26N6O2. The molecule has 0 unspecified atom stereocenters. The second kappa shape index (κ2) is 7.67. The molecule has 0 aromatic carbocycles. The van der Waals surface area contributed by atoms with E-state index >= 15 is 0 Å². The van der Waals surface area contributed by atoms with E-state index in [9.17, 15) is 0 Å². The van der Waals surface area contributed by atoms with Crippen LogP contribution in [0.1, 0.15) is 42.7 Å². The van der Waals surface area contributed by atoms with Gasteiger partial charge >= 0.3 is 6.01 Å². The number of rotatable bonds is 5. The summed E-state index contributed by atoms with van der Waals surface area (Å²) in [6, 6.07) is 0.342. The molecule has 0 amide bonds. The Balaban J connectivity index is 1.85. The number of ether oxygens (including phenoxy) is 1. The molecule has 0 N–H and O–H groups in total. The minimum absolute atomic E-state index is 0.342. The standard InChI is InChI=1S/C17H26N6O2/c1-12-14(13(2)25-21-12)11-22(3)15-18-16(20-17(19-15)24-4)23-9-7-5-6-8-10-23/h5-11H2,1-4H3. The molecule has 0 aliphatic carbocycles. The third kappa shape index (κ3) is 4.00. The molecule has 8 nitrogen and oxygen atoms in total. The van der Waals surface area contributed by atoms with Crippen LogP contribution >= 0.6 is 0 Å². The first-order valence-corrected chi connectivity index (χ1v) is 8.76. The van der Waals surface area contributed by atoms with Crippen molar-refractivity contribution in [3.05, 3.63) is 17.0 Å². The summed E-state index contributed by atoms with van der Waals surface area (Å²) in [5.41, 5.74) is 1.94. The highest BCUT2D eigenvalue weighted by atomic mass is 16.5. The number of nitrogens with zero attached hydrogens (tertiary/aromatic N) is 6. The number of hydrogen-bond acceptors (Lipinski definition) is 8. The lowest BCUT2D eigenvalue weighted by atomic mass is 10.2. The van der Waals surface area contributed by atoms with Crippen molar-refractivity contribution >= 4 is 11.9 Å². The summed E-state index contributed by atoms with van der Waals surface area (Å²) < 4.78 is 10.6. The van der Waals surface area contributed by atoms with Crippen molar-refractivity contribution < 1.29 is 9.26 Å². The first kappa shape index (κ1) is 17.4. The van der Waals surface area contributed by atoms with Crippen LogP contribution < -0.4 is 14.5 Å². The van der Waals surface area contributed by atoms with E-state index in [1.807, 2.05) is 25.8 Å². The summed E-state index contributed by atoms with van der Waals surface area (Å²) in [7, 11) is 3.53. The maximum Gasteiger partial charge on any atom is 0.322 e. The number of anilines is 2. The first-order chi connectivity index (χ1) is 12.1. The molecule has 1 fully saturated rings. The van der Waals surface area contributed by atoms with Crippen molar-refractivity contribution in [1.82, 2.24) is 20.1 Å². The summed E-state index contributed by atoms with van der Waals surface area (Å²) in [4.78, 5) is 17.8. The Kier molecular flexibility index (Phi) is 5.35. The van der Waals surface area contributed by atoms with E-state index in [4.69, 9.17) is 9.26 Å². The van der Waals surface area contributed by atoms with E-state index in [1.54, 1.807) is 7.11 Å². The third-order valence-corrected chi connectivity index (χ3v) is 4.58. The average molecular weight is 346 g/mol. The van der Waals surface area contributed by atoms with Crippen LogP contribution in [-0.4, -0.2) is 47.4 Å². The van der Waals surface area contributed by atoms with Gasteiger partial charge < -0.3 is 19.1 Å². The summed E-state index contributed by atoms with van der Waals surface area (Å²) in [6.45, 7) is 6.42. The van der Waals surface area contributed by atoms with Gasteiger partial charge in [0.1, 0.15) is 5.76 Å². The lowest BCUT2D eigenvalue weighted by molar-refractivity contribution is 0.378. The summed E-state index contributed by atoms with van der Waals surface area (Å²) in [6.07, 6.45) is 4.85. The third-order valence-electron chi connectivity index (χ3n) is 4.58. The minimum atomic E-state index is 0.342. The largest absolute Gasteiger partial charge is 0.467 e. The molecule has 2 aromatic heterocycles. The van der Waals surface area contributed by atoms with Gasteiger partial charge in [-0.05, 0) is 26.7 Å². The van der Waals surface area contributed by atoms with Gasteiger partial charge in [-0.1, -0.05) is 18.0 Å². The Morgan fingerprint density at radius 1 is 1.08 bits per heavy atom. The normalized spacial score (nSPS) is 15.1. The molecular weight excluding hydrogens is 320 g/mol. The Bertz CT molecular complexity index is 690. The predicted octanol–water partition coefficient (Wildman–Crippen LogP) is 2.50. The molecule has 3 heterocycles. The topological polar surface area (TPSA) is 80.4 Å². The van der Waals surface area contributed by atoms with Gasteiger partial charge in [0.25, 0.3) is 0 Å². The van der Waals surface area contributed by atoms with Gasteiger partial charge in [-0.15, -0.1) is 0 Å². The molecule has 3 rings (SSSR count). The first-order valence-electron chi connectivity index (χ1n) is 8.76. The average Bonchev–Trinajstić information content (AvgIpc) is 2.85. The van der Waals surface area contributed by atoms with Crippen molar-refractivity contribution in [1.29, 1.82) is 0 Å². The summed E-state index contributed by atoms with van der Waals surface area (Å²) in [5.74, 6) is 2.10. The van der Waals surface area contributed by atoms with Crippen LogP contribution in [0.3, 0.4) is 0 Å². The molecule has 0 radical (unpaired) electrons. The van der Waals surface area contributed by atoms with Crippen LogP contribution in [-0.2, 0) is 6.54 Å². The molecule has 1 aliphatic heterocycles. The predicted molar refractivity (Wildman–Crippen MR) is 95.1 cm³/mol. The molecule has 8 heteroatoms. The molecule has 0 atom stereocenters. The van der Waals surface area contributed by atoms with E-state index in [0.29, 0.717) is 24.5 Å². The van der Waals surface area contributed by atoms with Crippen molar-refractivity contribution in [2.75, 3.05) is 37.0 Å². The quantitative estimate of drug-likeness (QED) is 0.817. The van der Waals surface area contributed by atoms with Gasteiger partial charge in [-0.2, -0.15) is 15.0 Å². The molecule has 0 saturated carbocycles. The Morgan fingerprint density at radius 2 is 1.80 bits per heavy atom. The number of hydrogen-bond donors (Lipinski definition) is 0. The molecule has 1 saturated heterocycles. The number of methoxy groups -OCH3 is 1. The van der Waals surface area contributed by atoms with Gasteiger partial charge in [0.2, 0.25) is 11.9 Å². The van der Waals surface area contributed by atoms with Crippen LogP contribution in [0.15, 0.2) is 4.52 Å². The van der Waals surface area contributed by atoms with Gasteiger partial charge in [0.15, 0.2) is 0 Å². The zero-order chi connectivity index (χ0) is 17.8. The second-order valence-electron chi connectivity index (χ2n) is 6.48. The fourth-order valence-electron chi connectivity index (χ4n) is 3.05. The van der Waals surface area contributed by atoms with E-state index in [-0.39, 0.29) is 0 Å². The SMILES string of the molecule is COc1nc(N(C)Cc2c(C)noc2C)nc(N2CCCCCC2)n1. The Labute approximate surface area is 148 Å². The van der Waals surface area contributed by atoms with E-state index in [1.165, 1.54) is 12.8 Å². The Morgan fingerprint density at radius 3 is 2.40 bits per heavy atom. The minimum Gasteiger partial charge on any atom is -0.467 e. The van der Waals surface area contributed by atoms with Gasteiger partial charge in [-0.25, -0.2) is 0 Å². The molecule has 0 spiro atoms. The second-order valence-corrected chi connectivity index (χ2v) is 6.48. The maximum absolute atomic E-state index is 5.30. The van der Waals surface area contributed by atoms with Gasteiger partial charge in [0.05, 0.1) is 19.3 Å². The highest BCUT2D eigenvalue weighted by molar-refractivity contribution is 5.41. The van der Waals surface area contributed by atoms with Crippen LogP contribution in [0.4, 0.5) is 11.9 Å². The highest BCUT2D eigenvalue weighted by Crippen LogP contribution is 2.22. The summed E-state index contributed by atoms with van der Waals surface area (Å²) in [5, 5.41) is 4.01. The van der Waals surface area contributed by atoms with Crippen molar-refractivity contribution in [2.45, 2.75) is 46.1 Å². The fraction of sp³-hybridized carbons (Fsp3) is 0.647. The molecule has 136 valence electrons. The van der Waals surface area contributed by atoms with Crippen molar-refractivity contribution in [3.63, 3.8) is 0 Å². The van der Waals surface area contributed by atoms with Crippen LogP contribution in [0.25, 0.3) is 0 Å². The van der Waals surface area contributed by atoms with E-state index in [0.717, 1.165) is 42.9 Å². The van der Waals surface area contributed by atoms with Crippen LogP contribution in [0.5, 0.6) is 6.01 Å². The zero-order valence-electron chi connectivity index (χ0n) is 15.4. The van der Waals surface area contributed by atoms with Crippen molar-refractivity contribution in [2.24, 2.45) is 0 Å². The van der Waals surface area contributed by atoms with Crippen LogP contribution in [0.2, 0.25) is 0 Å². The molecule has 25 heavy (non-hydrogen) atoms. The monoisotopic (exact) mass is 346 g/mol. The number of aryl methyl sites for hydroxylation is 2. The zero-order valence-corrected chi connectivity index (χ0v) is 15.4. The fourth-order valence-corrected chi connectivity index (χ4v) is 3.05. The van der Waals surface area contributed by atoms with Gasteiger partial charge in [-0.3, -0.25) is 0 Å². The molecule has 0 bridgehead atoms. The number of aromatic nitrogens is 4. The van der Waals surface area contributed by atoms with Crippen LogP contribution in [0, 0.1) is 13.8 Å². The maximum atomic E-state index is 5.30. The van der Waals surface area contributed by atoms with Crippen molar-refractivity contribution in [3.8, 4) is 6.01 Å². The van der Waals surface area contributed by atoms with Gasteiger partial charge in [0, 0.05) is 25.7 Å². The smallest absolute Gasteiger partial charge is 0.322 e. The van der Waals surface area contributed by atoms with E-state index in [2.05, 4.69) is 25.0 Å². The highest BCUT2D eigenvalue weighted by Gasteiger charge is 2.19. The Hall–Kier alpha value is -2.38. The van der Waals surface area contributed by atoms with E-state index < -0.39 is 0 Å². The molecule has 1 aliphatic rings. The molecule has 2 aromatic rings. The summed E-state index contributed by atoms with van der Waals surface area (Å²) >= 11 is 0. The lowest BCUT2D eigenvalue weighted by Gasteiger charge is -2.23.